The van der Waals surface area contributed by atoms with E-state index in [0.29, 0.717) is 5.56 Å². The second-order valence-electron chi connectivity index (χ2n) is 5.63. The Kier molecular flexibility index (Phi) is 9.01. The Morgan fingerprint density at radius 3 is 2.70 bits per heavy atom. The number of fused-ring (bicyclic) bond motifs is 2. The predicted molar refractivity (Wildman–Crippen MR) is 101 cm³/mol. The standard InChI is InChI=1S/C15H16ClN3O9S.CH4/c1-9(20)19(16)15(23)26-6-5-12-13(21)18-28-29(24,25)11-4-2-3-10(7-11)8-27-14(22)17-12;/h2-4,7,12H,5-6,8H2,1H3,(H,17,22)(H,18,21);1H4/t12-;/m0./s1. The molecule has 1 aliphatic rings. The van der Waals surface area contributed by atoms with Gasteiger partial charge in [0.15, 0.2) is 0 Å². The van der Waals surface area contributed by atoms with Crippen molar-refractivity contribution in [1.29, 1.82) is 0 Å². The number of hydrogen-bond donors (Lipinski definition) is 2. The summed E-state index contributed by atoms with van der Waals surface area (Å²) in [5.74, 6) is -1.84. The molecular formula is C16H20ClN3O9S. The van der Waals surface area contributed by atoms with Gasteiger partial charge in [-0.15, -0.1) is 4.28 Å². The van der Waals surface area contributed by atoms with Crippen LogP contribution in [0.5, 0.6) is 0 Å². The highest BCUT2D eigenvalue weighted by atomic mass is 35.5. The molecule has 30 heavy (non-hydrogen) atoms. The Hall–Kier alpha value is -2.90. The molecule has 14 heteroatoms. The minimum atomic E-state index is -4.32. The number of benzene rings is 1. The molecule has 0 fully saturated rings. The molecule has 1 aromatic carbocycles. The zero-order valence-electron chi connectivity index (χ0n) is 14.9. The molecule has 2 bridgehead atoms. The van der Waals surface area contributed by atoms with Crippen LogP contribution >= 0.6 is 11.8 Å². The van der Waals surface area contributed by atoms with Crippen LogP contribution in [0.4, 0.5) is 9.59 Å². The van der Waals surface area contributed by atoms with E-state index in [1.807, 2.05) is 0 Å². The summed E-state index contributed by atoms with van der Waals surface area (Å²) in [6.45, 7) is 0.317. The molecule has 12 nitrogen and oxygen atoms in total. The fourth-order valence-corrected chi connectivity index (χ4v) is 2.93. The first-order chi connectivity index (χ1) is 13.6. The average molecular weight is 466 g/mol. The molecule has 0 unspecified atom stereocenters. The zero-order chi connectivity index (χ0) is 21.6. The van der Waals surface area contributed by atoms with Gasteiger partial charge in [0.05, 0.1) is 11.5 Å². The number of rotatable bonds is 3. The first-order valence-electron chi connectivity index (χ1n) is 7.99. The van der Waals surface area contributed by atoms with E-state index in [0.717, 1.165) is 6.92 Å². The first-order valence-corrected chi connectivity index (χ1v) is 9.73. The van der Waals surface area contributed by atoms with E-state index < -0.39 is 46.8 Å². The average Bonchev–Trinajstić information content (AvgIpc) is 2.68. The number of halogens is 1. The number of alkyl carbamates (subject to hydrolysis) is 1. The van der Waals surface area contributed by atoms with Crippen molar-refractivity contribution in [2.75, 3.05) is 6.61 Å². The summed E-state index contributed by atoms with van der Waals surface area (Å²) >= 11 is 5.38. The number of nitrogens with one attached hydrogen (secondary N) is 2. The van der Waals surface area contributed by atoms with Crippen molar-refractivity contribution in [2.24, 2.45) is 0 Å². The fraction of sp³-hybridized carbons (Fsp3) is 0.375. The highest BCUT2D eigenvalue weighted by molar-refractivity contribution is 7.86. The number of cyclic esters (lactones) is 1. The SMILES string of the molecule is C.CC(=O)N(Cl)C(=O)OCC[C@@H]1NC(=O)OCc2cccc(c2)S(=O)(=O)ONC1=O. The molecule has 1 heterocycles. The molecule has 0 saturated carbocycles. The maximum atomic E-state index is 12.2. The van der Waals surface area contributed by atoms with Crippen molar-refractivity contribution in [3.63, 3.8) is 0 Å². The normalized spacial score (nSPS) is 18.1. The van der Waals surface area contributed by atoms with E-state index in [1.165, 1.54) is 24.3 Å². The Morgan fingerprint density at radius 1 is 1.33 bits per heavy atom. The predicted octanol–water partition coefficient (Wildman–Crippen LogP) is 1.20. The summed E-state index contributed by atoms with van der Waals surface area (Å²) in [5, 5.41) is 2.19. The van der Waals surface area contributed by atoms with Crippen LogP contribution < -0.4 is 10.8 Å². The molecule has 1 aliphatic heterocycles. The molecule has 166 valence electrons. The van der Waals surface area contributed by atoms with Crippen LogP contribution in [0.1, 0.15) is 26.3 Å². The highest BCUT2D eigenvalue weighted by Gasteiger charge is 2.27. The summed E-state index contributed by atoms with van der Waals surface area (Å²) in [7, 11) is -4.32. The van der Waals surface area contributed by atoms with Crippen LogP contribution in [0, 0.1) is 0 Å². The van der Waals surface area contributed by atoms with Gasteiger partial charge in [0.25, 0.3) is 5.91 Å². The Labute approximate surface area is 177 Å². The molecular weight excluding hydrogens is 446 g/mol. The van der Waals surface area contributed by atoms with Gasteiger partial charge < -0.3 is 14.8 Å². The molecule has 1 atom stereocenters. The Morgan fingerprint density at radius 2 is 2.03 bits per heavy atom. The lowest BCUT2D eigenvalue weighted by Crippen LogP contribution is -2.48. The number of carbonyl (C=O) groups is 4. The van der Waals surface area contributed by atoms with Gasteiger partial charge in [-0.2, -0.15) is 12.8 Å². The van der Waals surface area contributed by atoms with Crippen molar-refractivity contribution in [1.82, 2.24) is 15.2 Å². The van der Waals surface area contributed by atoms with Gasteiger partial charge in [-0.1, -0.05) is 19.6 Å². The van der Waals surface area contributed by atoms with E-state index in [9.17, 15) is 27.6 Å². The molecule has 0 aromatic heterocycles. The number of hydroxylamine groups is 1. The monoisotopic (exact) mass is 465 g/mol. The second kappa shape index (κ2) is 10.8. The van der Waals surface area contributed by atoms with Crippen molar-refractivity contribution in [3.05, 3.63) is 29.8 Å². The van der Waals surface area contributed by atoms with Gasteiger partial charge in [0.1, 0.15) is 12.6 Å². The van der Waals surface area contributed by atoms with Crippen LogP contribution in [0.3, 0.4) is 0 Å². The third kappa shape index (κ3) is 6.86. The van der Waals surface area contributed by atoms with Crippen LogP contribution in [-0.4, -0.2) is 49.5 Å². The van der Waals surface area contributed by atoms with Crippen LogP contribution in [0.2, 0.25) is 0 Å². The van der Waals surface area contributed by atoms with Gasteiger partial charge in [-0.25, -0.2) is 15.1 Å². The van der Waals surface area contributed by atoms with E-state index in [2.05, 4.69) is 9.60 Å². The number of nitrogens with zero attached hydrogens (tertiary/aromatic N) is 1. The van der Waals surface area contributed by atoms with Crippen molar-refractivity contribution in [2.45, 2.75) is 38.3 Å². The largest absolute Gasteiger partial charge is 0.448 e. The Bertz CT molecular complexity index is 922. The minimum absolute atomic E-state index is 0. The number of hydrogen-bond acceptors (Lipinski definition) is 9. The summed E-state index contributed by atoms with van der Waals surface area (Å²) in [5.41, 5.74) is 2.09. The maximum Gasteiger partial charge on any atom is 0.431 e. The molecule has 0 aliphatic carbocycles. The van der Waals surface area contributed by atoms with Gasteiger partial charge in [-0.05, 0) is 17.7 Å². The summed E-state index contributed by atoms with van der Waals surface area (Å²) in [6, 6.07) is 4.02. The number of ether oxygens (including phenoxy) is 2. The lowest BCUT2D eigenvalue weighted by atomic mass is 10.2. The molecule has 1 aromatic rings. The third-order valence-corrected chi connectivity index (χ3v) is 5.00. The lowest BCUT2D eigenvalue weighted by molar-refractivity contribution is -0.130. The maximum absolute atomic E-state index is 12.2. The van der Waals surface area contributed by atoms with Crippen LogP contribution in [0.15, 0.2) is 29.2 Å². The van der Waals surface area contributed by atoms with Gasteiger partial charge in [0, 0.05) is 25.1 Å². The van der Waals surface area contributed by atoms with Crippen molar-refractivity contribution >= 4 is 45.9 Å². The van der Waals surface area contributed by atoms with Gasteiger partial charge in [0.2, 0.25) is 5.91 Å². The highest BCUT2D eigenvalue weighted by Crippen LogP contribution is 2.15. The molecule has 2 rings (SSSR count). The quantitative estimate of drug-likeness (QED) is 0.625. The lowest BCUT2D eigenvalue weighted by Gasteiger charge is -2.19. The zero-order valence-corrected chi connectivity index (χ0v) is 16.5. The number of amides is 4. The van der Waals surface area contributed by atoms with Crippen molar-refractivity contribution in [3.8, 4) is 0 Å². The van der Waals surface area contributed by atoms with E-state index >= 15 is 0 Å². The first kappa shape index (κ1) is 25.1. The molecule has 0 spiro atoms. The van der Waals surface area contributed by atoms with Crippen LogP contribution in [0.25, 0.3) is 0 Å². The number of carbonyl (C=O) groups excluding carboxylic acids is 4. The molecule has 0 radical (unpaired) electrons. The molecule has 0 saturated heterocycles. The van der Waals surface area contributed by atoms with E-state index in [1.54, 1.807) is 5.48 Å². The molecule has 4 amide bonds. The van der Waals surface area contributed by atoms with Crippen LogP contribution in [-0.2, 0) is 40.1 Å². The van der Waals surface area contributed by atoms with Crippen molar-refractivity contribution < 1.29 is 41.4 Å². The minimum Gasteiger partial charge on any atom is -0.448 e. The third-order valence-electron chi connectivity index (χ3n) is 3.49. The summed E-state index contributed by atoms with van der Waals surface area (Å²) in [4.78, 5) is 46.3. The van der Waals surface area contributed by atoms with Gasteiger partial charge >= 0.3 is 22.3 Å². The fourth-order valence-electron chi connectivity index (χ4n) is 2.06. The summed E-state index contributed by atoms with van der Waals surface area (Å²) < 4.78 is 38.7. The summed E-state index contributed by atoms with van der Waals surface area (Å²) in [6.07, 6.45) is -2.47. The van der Waals surface area contributed by atoms with Gasteiger partial charge in [-0.3, -0.25) is 9.59 Å². The number of imide groups is 1. The Balaban J connectivity index is 0.00000450. The molecule has 2 N–H and O–H groups in total. The second-order valence-corrected chi connectivity index (χ2v) is 7.51. The topological polar surface area (TPSA) is 157 Å². The van der Waals surface area contributed by atoms with E-state index in [4.69, 9.17) is 21.3 Å². The smallest absolute Gasteiger partial charge is 0.431 e. The van der Waals surface area contributed by atoms with E-state index in [-0.39, 0.29) is 29.8 Å².